The van der Waals surface area contributed by atoms with Crippen LogP contribution < -0.4 is 4.72 Å². The Labute approximate surface area is 144 Å². The number of carbonyl (C=O) groups is 1. The lowest BCUT2D eigenvalue weighted by molar-refractivity contribution is 0.101. The van der Waals surface area contributed by atoms with Crippen LogP contribution in [-0.2, 0) is 16.4 Å². The normalized spacial score (nSPS) is 11.7. The zero-order valence-electron chi connectivity index (χ0n) is 14.2. The summed E-state index contributed by atoms with van der Waals surface area (Å²) in [5.74, 6) is 0.396. The van der Waals surface area contributed by atoms with E-state index in [4.69, 9.17) is 0 Å². The number of ketones is 1. The van der Waals surface area contributed by atoms with Crippen LogP contribution in [0.5, 0.6) is 0 Å². The molecule has 0 fully saturated rings. The van der Waals surface area contributed by atoms with E-state index in [1.165, 1.54) is 36.8 Å². The highest BCUT2D eigenvalue weighted by atomic mass is 32.2. The Balaban J connectivity index is 1.96. The molecule has 0 bridgehead atoms. The first-order chi connectivity index (χ1) is 11.3. The van der Waals surface area contributed by atoms with Gasteiger partial charge in [-0.1, -0.05) is 50.2 Å². The van der Waals surface area contributed by atoms with Crippen molar-refractivity contribution in [2.45, 2.75) is 38.0 Å². The summed E-state index contributed by atoms with van der Waals surface area (Å²) in [6.45, 7) is 6.06. The third-order valence-electron chi connectivity index (χ3n) is 3.92. The molecule has 0 aliphatic heterocycles. The Hall–Kier alpha value is -1.98. The minimum Gasteiger partial charge on any atom is -0.295 e. The summed E-state index contributed by atoms with van der Waals surface area (Å²) < 4.78 is 27.1. The first kappa shape index (κ1) is 18.4. The minimum absolute atomic E-state index is 0.0863. The van der Waals surface area contributed by atoms with Crippen molar-refractivity contribution in [3.05, 3.63) is 65.2 Å². The molecule has 2 rings (SSSR count). The van der Waals surface area contributed by atoms with Crippen molar-refractivity contribution in [1.29, 1.82) is 0 Å². The van der Waals surface area contributed by atoms with Crippen LogP contribution >= 0.6 is 0 Å². The molecule has 5 heteroatoms. The van der Waals surface area contributed by atoms with Gasteiger partial charge in [0.2, 0.25) is 10.0 Å². The van der Waals surface area contributed by atoms with Crippen molar-refractivity contribution >= 4 is 15.8 Å². The number of hydrogen-bond donors (Lipinski definition) is 1. The lowest BCUT2D eigenvalue weighted by Crippen LogP contribution is -2.26. The van der Waals surface area contributed by atoms with E-state index in [0.29, 0.717) is 24.4 Å². The topological polar surface area (TPSA) is 63.2 Å². The fourth-order valence-electron chi connectivity index (χ4n) is 2.35. The van der Waals surface area contributed by atoms with E-state index >= 15 is 0 Å². The van der Waals surface area contributed by atoms with E-state index in [0.717, 1.165) is 5.56 Å². The van der Waals surface area contributed by atoms with Crippen molar-refractivity contribution in [3.63, 3.8) is 0 Å². The molecule has 2 aromatic rings. The molecule has 0 atom stereocenters. The Bertz CT molecular complexity index is 792. The predicted octanol–water partition coefficient (Wildman–Crippen LogP) is 3.53. The van der Waals surface area contributed by atoms with Crippen molar-refractivity contribution in [1.82, 2.24) is 4.72 Å². The summed E-state index contributed by atoms with van der Waals surface area (Å²) in [5, 5.41) is 0. The molecule has 0 aromatic heterocycles. The van der Waals surface area contributed by atoms with E-state index in [1.807, 2.05) is 12.1 Å². The first-order valence-electron chi connectivity index (χ1n) is 7.99. The molecule has 0 heterocycles. The van der Waals surface area contributed by atoms with Gasteiger partial charge in [-0.3, -0.25) is 4.79 Å². The van der Waals surface area contributed by atoms with Crippen LogP contribution in [0.4, 0.5) is 0 Å². The van der Waals surface area contributed by atoms with E-state index in [1.54, 1.807) is 0 Å². The summed E-state index contributed by atoms with van der Waals surface area (Å²) in [6, 6.07) is 14.2. The molecular formula is C19H23NO3S. The van der Waals surface area contributed by atoms with Crippen LogP contribution in [0.25, 0.3) is 0 Å². The molecule has 128 valence electrons. The monoisotopic (exact) mass is 345 g/mol. The zero-order chi connectivity index (χ0) is 17.7. The molecule has 24 heavy (non-hydrogen) atoms. The van der Waals surface area contributed by atoms with Gasteiger partial charge >= 0.3 is 0 Å². The largest absolute Gasteiger partial charge is 0.295 e. The highest BCUT2D eigenvalue weighted by Crippen LogP contribution is 2.15. The first-order valence-corrected chi connectivity index (χ1v) is 9.47. The summed E-state index contributed by atoms with van der Waals surface area (Å²) in [7, 11) is -3.56. The molecule has 2 aromatic carbocycles. The standard InChI is InChI=1S/C19H23NO3S/c1-14(2)17-6-4-16(5-7-17)12-13-20-24(22,23)19-10-8-18(9-11-19)15(3)21/h4-11,14,20H,12-13H2,1-3H3. The molecule has 4 nitrogen and oxygen atoms in total. The number of sulfonamides is 1. The number of carbonyl (C=O) groups excluding carboxylic acids is 1. The maximum Gasteiger partial charge on any atom is 0.240 e. The van der Waals surface area contributed by atoms with Gasteiger partial charge in [-0.2, -0.15) is 0 Å². The van der Waals surface area contributed by atoms with E-state index < -0.39 is 10.0 Å². The third-order valence-corrected chi connectivity index (χ3v) is 5.40. The van der Waals surface area contributed by atoms with Crippen LogP contribution in [0.1, 0.15) is 48.2 Å². The van der Waals surface area contributed by atoms with Crippen molar-refractivity contribution in [2.24, 2.45) is 0 Å². The molecular weight excluding hydrogens is 322 g/mol. The maximum absolute atomic E-state index is 12.3. The lowest BCUT2D eigenvalue weighted by Gasteiger charge is -2.09. The van der Waals surface area contributed by atoms with Gasteiger partial charge in [0.1, 0.15) is 0 Å². The number of hydrogen-bond acceptors (Lipinski definition) is 3. The summed E-state index contributed by atoms with van der Waals surface area (Å²) in [5.41, 5.74) is 2.86. The predicted molar refractivity (Wildman–Crippen MR) is 95.9 cm³/mol. The van der Waals surface area contributed by atoms with Crippen LogP contribution in [-0.4, -0.2) is 20.7 Å². The number of rotatable bonds is 7. The SMILES string of the molecule is CC(=O)c1ccc(S(=O)(=O)NCCc2ccc(C(C)C)cc2)cc1. The number of nitrogens with one attached hydrogen (secondary N) is 1. The molecule has 0 aliphatic carbocycles. The second-order valence-corrected chi connectivity index (χ2v) is 7.89. The van der Waals surface area contributed by atoms with Crippen molar-refractivity contribution in [3.8, 4) is 0 Å². The maximum atomic E-state index is 12.3. The molecule has 0 unspecified atom stereocenters. The smallest absolute Gasteiger partial charge is 0.240 e. The van der Waals surface area contributed by atoms with E-state index in [2.05, 4.69) is 30.7 Å². The average molecular weight is 345 g/mol. The third kappa shape index (κ3) is 4.76. The molecule has 1 N–H and O–H groups in total. The summed E-state index contributed by atoms with van der Waals surface area (Å²) in [6.07, 6.45) is 0.628. The zero-order valence-corrected chi connectivity index (χ0v) is 15.1. The Morgan fingerprint density at radius 2 is 1.58 bits per heavy atom. The number of benzene rings is 2. The second kappa shape index (κ2) is 7.73. The van der Waals surface area contributed by atoms with E-state index in [-0.39, 0.29) is 10.7 Å². The fourth-order valence-corrected chi connectivity index (χ4v) is 3.38. The van der Waals surface area contributed by atoms with Gasteiger partial charge in [0.25, 0.3) is 0 Å². The molecule has 0 spiro atoms. The van der Waals surface area contributed by atoms with E-state index in [9.17, 15) is 13.2 Å². The van der Waals surface area contributed by atoms with Gasteiger partial charge in [0, 0.05) is 12.1 Å². The lowest BCUT2D eigenvalue weighted by atomic mass is 10.0. The molecule has 0 amide bonds. The van der Waals surface area contributed by atoms with Crippen LogP contribution in [0, 0.1) is 0 Å². The highest BCUT2D eigenvalue weighted by Gasteiger charge is 2.13. The average Bonchev–Trinajstić information content (AvgIpc) is 2.55. The van der Waals surface area contributed by atoms with Crippen LogP contribution in [0.3, 0.4) is 0 Å². The fraction of sp³-hybridized carbons (Fsp3) is 0.316. The van der Waals surface area contributed by atoms with Gasteiger partial charge in [0.05, 0.1) is 4.90 Å². The molecule has 0 aliphatic rings. The quantitative estimate of drug-likeness (QED) is 0.781. The summed E-state index contributed by atoms with van der Waals surface area (Å²) in [4.78, 5) is 11.4. The molecule has 0 saturated carbocycles. The molecule has 0 saturated heterocycles. The highest BCUT2D eigenvalue weighted by molar-refractivity contribution is 7.89. The van der Waals surface area contributed by atoms with Crippen molar-refractivity contribution in [2.75, 3.05) is 6.54 Å². The van der Waals surface area contributed by atoms with Gasteiger partial charge < -0.3 is 0 Å². The van der Waals surface area contributed by atoms with Crippen LogP contribution in [0.2, 0.25) is 0 Å². The van der Waals surface area contributed by atoms with Gasteiger partial charge in [-0.15, -0.1) is 0 Å². The second-order valence-electron chi connectivity index (χ2n) is 6.12. The van der Waals surface area contributed by atoms with Crippen molar-refractivity contribution < 1.29 is 13.2 Å². The van der Waals surface area contributed by atoms with Crippen LogP contribution in [0.15, 0.2) is 53.4 Å². The Morgan fingerprint density at radius 3 is 2.08 bits per heavy atom. The minimum atomic E-state index is -3.56. The van der Waals surface area contributed by atoms with Gasteiger partial charge in [-0.05, 0) is 42.5 Å². The van der Waals surface area contributed by atoms with Gasteiger partial charge in [-0.25, -0.2) is 13.1 Å². The Kier molecular flexibility index (Phi) is 5.91. The summed E-state index contributed by atoms with van der Waals surface area (Å²) >= 11 is 0. The Morgan fingerprint density at radius 1 is 1.00 bits per heavy atom. The van der Waals surface area contributed by atoms with Gasteiger partial charge in [0.15, 0.2) is 5.78 Å². The number of Topliss-reactive ketones (excluding diaryl/α,β-unsaturated/α-hetero) is 1. The molecule has 0 radical (unpaired) electrons.